The minimum Gasteiger partial charge on any atom is -0.364 e. The molecule has 2 aromatic rings. The molecular formula is C16H20N4O2. The van der Waals surface area contributed by atoms with E-state index in [1.807, 2.05) is 17.2 Å². The highest BCUT2D eigenvalue weighted by atomic mass is 16.5. The Kier molecular flexibility index (Phi) is 4.48. The zero-order chi connectivity index (χ0) is 15.4. The molecule has 1 atom stereocenters. The molecule has 0 N–H and O–H groups in total. The standard InChI is InChI=1S/C16H20N4O2/c1-19(10-13-3-2-6-17-9-13)11-14-4-7-20(12-14)16(21)15-5-8-22-18-15/h2-3,5-6,8-9,14H,4,7,10-12H2,1H3/t14-/m1/s1. The van der Waals surface area contributed by atoms with Gasteiger partial charge < -0.3 is 14.3 Å². The van der Waals surface area contributed by atoms with Gasteiger partial charge in [-0.05, 0) is 31.0 Å². The average molecular weight is 300 g/mol. The summed E-state index contributed by atoms with van der Waals surface area (Å²) in [6.07, 6.45) is 6.14. The van der Waals surface area contributed by atoms with E-state index in [1.165, 1.54) is 11.8 Å². The molecule has 0 saturated carbocycles. The Balaban J connectivity index is 1.49. The van der Waals surface area contributed by atoms with Crippen LogP contribution in [0.1, 0.15) is 22.5 Å². The van der Waals surface area contributed by atoms with Gasteiger partial charge in [-0.1, -0.05) is 11.2 Å². The molecule has 1 aliphatic rings. The van der Waals surface area contributed by atoms with Crippen molar-refractivity contribution in [2.24, 2.45) is 5.92 Å². The molecule has 0 spiro atoms. The van der Waals surface area contributed by atoms with Gasteiger partial charge in [-0.25, -0.2) is 0 Å². The third-order valence-electron chi connectivity index (χ3n) is 3.98. The van der Waals surface area contributed by atoms with E-state index in [-0.39, 0.29) is 5.91 Å². The molecule has 6 heteroatoms. The second-order valence-corrected chi connectivity index (χ2v) is 5.85. The highest BCUT2D eigenvalue weighted by molar-refractivity contribution is 5.92. The fourth-order valence-electron chi connectivity index (χ4n) is 2.96. The zero-order valence-electron chi connectivity index (χ0n) is 12.7. The van der Waals surface area contributed by atoms with E-state index >= 15 is 0 Å². The number of amides is 1. The minimum atomic E-state index is -0.0360. The van der Waals surface area contributed by atoms with Gasteiger partial charge in [-0.2, -0.15) is 0 Å². The highest BCUT2D eigenvalue weighted by Crippen LogP contribution is 2.19. The molecular weight excluding hydrogens is 280 g/mol. The summed E-state index contributed by atoms with van der Waals surface area (Å²) in [6.45, 7) is 3.42. The summed E-state index contributed by atoms with van der Waals surface area (Å²) in [5.41, 5.74) is 1.60. The molecule has 6 nitrogen and oxygen atoms in total. The lowest BCUT2D eigenvalue weighted by Gasteiger charge is -2.21. The topological polar surface area (TPSA) is 62.5 Å². The first kappa shape index (κ1) is 14.7. The quantitative estimate of drug-likeness (QED) is 0.840. The number of aromatic nitrogens is 2. The van der Waals surface area contributed by atoms with Gasteiger partial charge in [0.05, 0.1) is 0 Å². The third kappa shape index (κ3) is 3.51. The van der Waals surface area contributed by atoms with E-state index in [2.05, 4.69) is 28.2 Å². The molecule has 3 heterocycles. The molecule has 1 saturated heterocycles. The van der Waals surface area contributed by atoms with Crippen LogP contribution in [0.5, 0.6) is 0 Å². The van der Waals surface area contributed by atoms with Crippen molar-refractivity contribution in [3.05, 3.63) is 48.1 Å². The summed E-state index contributed by atoms with van der Waals surface area (Å²) in [4.78, 5) is 20.5. The van der Waals surface area contributed by atoms with Crippen LogP contribution in [0.25, 0.3) is 0 Å². The fraction of sp³-hybridized carbons (Fsp3) is 0.438. The summed E-state index contributed by atoms with van der Waals surface area (Å²) in [6, 6.07) is 5.65. The minimum absolute atomic E-state index is 0.0360. The van der Waals surface area contributed by atoms with Crippen LogP contribution in [0.15, 0.2) is 41.4 Å². The number of likely N-dealkylation sites (tertiary alicyclic amines) is 1. The van der Waals surface area contributed by atoms with Crippen molar-refractivity contribution in [1.29, 1.82) is 0 Å². The van der Waals surface area contributed by atoms with Gasteiger partial charge in [-0.3, -0.25) is 9.78 Å². The van der Waals surface area contributed by atoms with E-state index < -0.39 is 0 Å². The summed E-state index contributed by atoms with van der Waals surface area (Å²) < 4.78 is 4.74. The molecule has 116 valence electrons. The zero-order valence-corrected chi connectivity index (χ0v) is 12.7. The number of carbonyl (C=O) groups is 1. The summed E-state index contributed by atoms with van der Waals surface area (Å²) in [5, 5.41) is 3.72. The normalized spacial score (nSPS) is 18.1. The van der Waals surface area contributed by atoms with Gasteiger partial charge >= 0.3 is 0 Å². The molecule has 1 fully saturated rings. The fourth-order valence-corrected chi connectivity index (χ4v) is 2.96. The molecule has 0 aliphatic carbocycles. The molecule has 0 bridgehead atoms. The van der Waals surface area contributed by atoms with Crippen LogP contribution in [0.2, 0.25) is 0 Å². The summed E-state index contributed by atoms with van der Waals surface area (Å²) in [5.74, 6) is 0.462. The Morgan fingerprint density at radius 3 is 3.14 bits per heavy atom. The molecule has 0 radical (unpaired) electrons. The summed E-state index contributed by atoms with van der Waals surface area (Å²) in [7, 11) is 2.11. The first-order valence-electron chi connectivity index (χ1n) is 7.49. The lowest BCUT2D eigenvalue weighted by molar-refractivity contribution is 0.0774. The molecule has 3 rings (SSSR count). The predicted molar refractivity (Wildman–Crippen MR) is 81.1 cm³/mol. The van der Waals surface area contributed by atoms with Gasteiger partial charge in [0.2, 0.25) is 0 Å². The molecule has 1 amide bonds. The van der Waals surface area contributed by atoms with Crippen LogP contribution >= 0.6 is 0 Å². The maximum atomic E-state index is 12.2. The van der Waals surface area contributed by atoms with Crippen molar-refractivity contribution < 1.29 is 9.32 Å². The van der Waals surface area contributed by atoms with E-state index in [4.69, 9.17) is 4.52 Å². The van der Waals surface area contributed by atoms with E-state index in [0.29, 0.717) is 11.6 Å². The second-order valence-electron chi connectivity index (χ2n) is 5.85. The Bertz CT molecular complexity index is 600. The Morgan fingerprint density at radius 2 is 2.41 bits per heavy atom. The SMILES string of the molecule is CN(Cc1cccnc1)C[C@H]1CCN(C(=O)c2ccon2)C1. The van der Waals surface area contributed by atoms with Gasteiger partial charge in [0.25, 0.3) is 5.91 Å². The first-order valence-corrected chi connectivity index (χ1v) is 7.49. The molecule has 22 heavy (non-hydrogen) atoms. The third-order valence-corrected chi connectivity index (χ3v) is 3.98. The lowest BCUT2D eigenvalue weighted by Crippen LogP contribution is -2.31. The second kappa shape index (κ2) is 6.70. The monoisotopic (exact) mass is 300 g/mol. The smallest absolute Gasteiger partial charge is 0.276 e. The van der Waals surface area contributed by atoms with Crippen LogP contribution in [0.3, 0.4) is 0 Å². The largest absolute Gasteiger partial charge is 0.364 e. The maximum absolute atomic E-state index is 12.2. The first-order chi connectivity index (χ1) is 10.7. The molecule has 0 aromatic carbocycles. The van der Waals surface area contributed by atoms with Crippen LogP contribution in [0.4, 0.5) is 0 Å². The van der Waals surface area contributed by atoms with Gasteiger partial charge in [0.15, 0.2) is 5.69 Å². The van der Waals surface area contributed by atoms with Crippen molar-refractivity contribution in [3.8, 4) is 0 Å². The number of rotatable bonds is 5. The van der Waals surface area contributed by atoms with Gasteiger partial charge in [0, 0.05) is 44.6 Å². The Labute approximate surface area is 129 Å². The van der Waals surface area contributed by atoms with Gasteiger partial charge in [-0.15, -0.1) is 0 Å². The predicted octanol–water partition coefficient (Wildman–Crippen LogP) is 1.66. The molecule has 0 unspecified atom stereocenters. The average Bonchev–Trinajstić information content (AvgIpc) is 3.19. The Hall–Kier alpha value is -2.21. The van der Waals surface area contributed by atoms with Crippen molar-refractivity contribution in [2.75, 3.05) is 26.7 Å². The number of hydrogen-bond acceptors (Lipinski definition) is 5. The highest BCUT2D eigenvalue weighted by Gasteiger charge is 2.28. The van der Waals surface area contributed by atoms with Gasteiger partial charge in [0.1, 0.15) is 6.26 Å². The van der Waals surface area contributed by atoms with Crippen LogP contribution in [0, 0.1) is 5.92 Å². The number of nitrogens with zero attached hydrogens (tertiary/aromatic N) is 4. The van der Waals surface area contributed by atoms with E-state index in [1.54, 1.807) is 12.3 Å². The number of carbonyl (C=O) groups excluding carboxylic acids is 1. The molecule has 1 aliphatic heterocycles. The van der Waals surface area contributed by atoms with Crippen LogP contribution in [-0.4, -0.2) is 52.5 Å². The lowest BCUT2D eigenvalue weighted by atomic mass is 10.1. The van der Waals surface area contributed by atoms with Crippen molar-refractivity contribution in [2.45, 2.75) is 13.0 Å². The van der Waals surface area contributed by atoms with Crippen molar-refractivity contribution in [1.82, 2.24) is 19.9 Å². The maximum Gasteiger partial charge on any atom is 0.276 e. The number of hydrogen-bond donors (Lipinski definition) is 0. The van der Waals surface area contributed by atoms with E-state index in [9.17, 15) is 4.79 Å². The molecule has 2 aromatic heterocycles. The number of pyridine rings is 1. The van der Waals surface area contributed by atoms with E-state index in [0.717, 1.165) is 32.6 Å². The van der Waals surface area contributed by atoms with Crippen molar-refractivity contribution in [3.63, 3.8) is 0 Å². The Morgan fingerprint density at radius 1 is 1.50 bits per heavy atom. The summed E-state index contributed by atoms with van der Waals surface area (Å²) >= 11 is 0. The van der Waals surface area contributed by atoms with Crippen LogP contribution < -0.4 is 0 Å². The van der Waals surface area contributed by atoms with Crippen molar-refractivity contribution >= 4 is 5.91 Å². The van der Waals surface area contributed by atoms with Crippen LogP contribution in [-0.2, 0) is 6.54 Å².